The van der Waals surface area contributed by atoms with Crippen LogP contribution in [-0.2, 0) is 11.2 Å². The number of methoxy groups -OCH3 is 1. The highest BCUT2D eigenvalue weighted by molar-refractivity contribution is 9.10. The van der Waals surface area contributed by atoms with Crippen molar-refractivity contribution in [1.82, 2.24) is 0 Å². The predicted molar refractivity (Wildman–Crippen MR) is 88.5 cm³/mol. The van der Waals surface area contributed by atoms with E-state index in [0.717, 1.165) is 27.2 Å². The number of rotatable bonds is 3. The summed E-state index contributed by atoms with van der Waals surface area (Å²) in [5.74, 6) is 1.36. The molecule has 1 atom stereocenters. The average molecular weight is 362 g/mol. The predicted octanol–water partition coefficient (Wildman–Crippen LogP) is 3.65. The van der Waals surface area contributed by atoms with Crippen LogP contribution in [0.4, 0.5) is 5.69 Å². The van der Waals surface area contributed by atoms with Gasteiger partial charge in [-0.2, -0.15) is 0 Å². The number of carbonyl (C=O) groups is 1. The van der Waals surface area contributed by atoms with E-state index in [2.05, 4.69) is 21.2 Å². The Morgan fingerprint density at radius 3 is 2.77 bits per heavy atom. The molecule has 5 heteroatoms. The van der Waals surface area contributed by atoms with Gasteiger partial charge in [-0.05, 0) is 54.4 Å². The Kier molecular flexibility index (Phi) is 4.34. The van der Waals surface area contributed by atoms with Gasteiger partial charge < -0.3 is 14.8 Å². The number of amides is 1. The molecule has 0 saturated heterocycles. The van der Waals surface area contributed by atoms with Gasteiger partial charge in [0.15, 0.2) is 0 Å². The molecule has 0 fully saturated rings. The molecule has 0 spiro atoms. The summed E-state index contributed by atoms with van der Waals surface area (Å²) in [4.78, 5) is 12.4. The third-order valence-electron chi connectivity index (χ3n) is 3.66. The standard InChI is InChI=1S/C17H16BrNO3/c1-21-15-6-7-16-11(9-15)8-12(10-22-16)17(20)19-14-4-2-13(18)3-5-14/h2-7,9,12H,8,10H2,1H3,(H,19,20)/t12-/m1/s1. The minimum Gasteiger partial charge on any atom is -0.497 e. The number of anilines is 1. The van der Waals surface area contributed by atoms with Crippen molar-refractivity contribution in [2.24, 2.45) is 5.92 Å². The fraction of sp³-hybridized carbons (Fsp3) is 0.235. The summed E-state index contributed by atoms with van der Waals surface area (Å²) in [6, 6.07) is 13.2. The third kappa shape index (κ3) is 3.25. The molecule has 1 aliphatic rings. The molecule has 22 heavy (non-hydrogen) atoms. The first-order chi connectivity index (χ1) is 10.7. The molecule has 0 unspecified atom stereocenters. The molecule has 0 bridgehead atoms. The van der Waals surface area contributed by atoms with Crippen LogP contribution in [0.25, 0.3) is 0 Å². The second kappa shape index (κ2) is 6.40. The number of halogens is 1. The normalized spacial score (nSPS) is 16.4. The van der Waals surface area contributed by atoms with E-state index in [-0.39, 0.29) is 11.8 Å². The summed E-state index contributed by atoms with van der Waals surface area (Å²) >= 11 is 3.38. The smallest absolute Gasteiger partial charge is 0.231 e. The maximum absolute atomic E-state index is 12.4. The van der Waals surface area contributed by atoms with Gasteiger partial charge in [0, 0.05) is 10.2 Å². The van der Waals surface area contributed by atoms with Gasteiger partial charge in [0.2, 0.25) is 5.91 Å². The molecule has 2 aromatic rings. The van der Waals surface area contributed by atoms with Crippen LogP contribution < -0.4 is 14.8 Å². The number of nitrogens with one attached hydrogen (secondary N) is 1. The Labute approximate surface area is 137 Å². The first-order valence-electron chi connectivity index (χ1n) is 7.02. The Balaban J connectivity index is 1.70. The van der Waals surface area contributed by atoms with Crippen molar-refractivity contribution >= 4 is 27.5 Å². The number of fused-ring (bicyclic) bond motifs is 1. The van der Waals surface area contributed by atoms with Gasteiger partial charge in [-0.25, -0.2) is 0 Å². The summed E-state index contributed by atoms with van der Waals surface area (Å²) in [7, 11) is 1.63. The molecule has 0 radical (unpaired) electrons. The average Bonchev–Trinajstić information content (AvgIpc) is 2.55. The van der Waals surface area contributed by atoms with Gasteiger partial charge in [0.1, 0.15) is 18.1 Å². The van der Waals surface area contributed by atoms with Crippen molar-refractivity contribution in [3.63, 3.8) is 0 Å². The van der Waals surface area contributed by atoms with Crippen molar-refractivity contribution in [2.75, 3.05) is 19.0 Å². The highest BCUT2D eigenvalue weighted by Gasteiger charge is 2.26. The van der Waals surface area contributed by atoms with Gasteiger partial charge in [0.25, 0.3) is 0 Å². The van der Waals surface area contributed by atoms with Gasteiger partial charge in [0.05, 0.1) is 13.0 Å². The van der Waals surface area contributed by atoms with Crippen LogP contribution in [-0.4, -0.2) is 19.6 Å². The zero-order valence-corrected chi connectivity index (χ0v) is 13.7. The Hall–Kier alpha value is -2.01. The van der Waals surface area contributed by atoms with Gasteiger partial charge in [-0.15, -0.1) is 0 Å². The van der Waals surface area contributed by atoms with E-state index in [1.807, 2.05) is 42.5 Å². The second-order valence-electron chi connectivity index (χ2n) is 5.18. The quantitative estimate of drug-likeness (QED) is 0.907. The topological polar surface area (TPSA) is 47.6 Å². The van der Waals surface area contributed by atoms with Gasteiger partial charge >= 0.3 is 0 Å². The summed E-state index contributed by atoms with van der Waals surface area (Å²) in [6.07, 6.45) is 0.648. The van der Waals surface area contributed by atoms with Crippen molar-refractivity contribution in [2.45, 2.75) is 6.42 Å². The van der Waals surface area contributed by atoms with Crippen LogP contribution in [0.5, 0.6) is 11.5 Å². The highest BCUT2D eigenvalue weighted by Crippen LogP contribution is 2.31. The first-order valence-corrected chi connectivity index (χ1v) is 7.81. The highest BCUT2D eigenvalue weighted by atomic mass is 79.9. The summed E-state index contributed by atoms with van der Waals surface area (Å²) in [5, 5.41) is 2.93. The number of ether oxygens (including phenoxy) is 2. The van der Waals surface area contributed by atoms with E-state index in [4.69, 9.17) is 9.47 Å². The summed E-state index contributed by atoms with van der Waals surface area (Å²) < 4.78 is 11.9. The van der Waals surface area contributed by atoms with Crippen molar-refractivity contribution in [1.29, 1.82) is 0 Å². The molecule has 1 aliphatic heterocycles. The van der Waals surface area contributed by atoms with Crippen molar-refractivity contribution in [3.8, 4) is 11.5 Å². The molecule has 2 aromatic carbocycles. The summed E-state index contributed by atoms with van der Waals surface area (Å²) in [5.41, 5.74) is 1.78. The van der Waals surface area contributed by atoms with E-state index in [1.165, 1.54) is 0 Å². The molecule has 0 saturated carbocycles. The van der Waals surface area contributed by atoms with Crippen LogP contribution in [0.1, 0.15) is 5.56 Å². The number of hydrogen-bond acceptors (Lipinski definition) is 3. The van der Waals surface area contributed by atoms with Crippen LogP contribution in [0.3, 0.4) is 0 Å². The summed E-state index contributed by atoms with van der Waals surface area (Å²) in [6.45, 7) is 0.391. The number of benzene rings is 2. The third-order valence-corrected chi connectivity index (χ3v) is 4.19. The van der Waals surface area contributed by atoms with E-state index in [9.17, 15) is 4.79 Å². The lowest BCUT2D eigenvalue weighted by atomic mass is 9.95. The van der Waals surface area contributed by atoms with Crippen LogP contribution in [0, 0.1) is 5.92 Å². The molecule has 3 rings (SSSR count). The molecule has 1 N–H and O–H groups in total. The van der Waals surface area contributed by atoms with Crippen molar-refractivity contribution < 1.29 is 14.3 Å². The first kappa shape index (κ1) is 14.9. The van der Waals surface area contributed by atoms with Gasteiger partial charge in [-0.3, -0.25) is 4.79 Å². The van der Waals surface area contributed by atoms with Crippen LogP contribution in [0.2, 0.25) is 0 Å². The fourth-order valence-electron chi connectivity index (χ4n) is 2.44. The van der Waals surface area contributed by atoms with E-state index in [0.29, 0.717) is 13.0 Å². The maximum atomic E-state index is 12.4. The lowest BCUT2D eigenvalue weighted by Crippen LogP contribution is -2.32. The van der Waals surface area contributed by atoms with Crippen LogP contribution >= 0.6 is 15.9 Å². The lowest BCUT2D eigenvalue weighted by Gasteiger charge is -2.25. The minimum atomic E-state index is -0.205. The molecule has 4 nitrogen and oxygen atoms in total. The van der Waals surface area contributed by atoms with Crippen molar-refractivity contribution in [3.05, 3.63) is 52.5 Å². The number of carbonyl (C=O) groups excluding carboxylic acids is 1. The Morgan fingerprint density at radius 2 is 2.05 bits per heavy atom. The molecule has 0 aliphatic carbocycles. The fourth-order valence-corrected chi connectivity index (χ4v) is 2.71. The van der Waals surface area contributed by atoms with E-state index < -0.39 is 0 Å². The Morgan fingerprint density at radius 1 is 1.27 bits per heavy atom. The lowest BCUT2D eigenvalue weighted by molar-refractivity contribution is -0.121. The molecule has 1 heterocycles. The largest absolute Gasteiger partial charge is 0.497 e. The van der Waals surface area contributed by atoms with E-state index >= 15 is 0 Å². The molecule has 0 aromatic heterocycles. The van der Waals surface area contributed by atoms with Gasteiger partial charge in [-0.1, -0.05) is 15.9 Å². The molecular formula is C17H16BrNO3. The minimum absolute atomic E-state index is 0.0317. The zero-order valence-electron chi connectivity index (χ0n) is 12.1. The molecular weight excluding hydrogens is 346 g/mol. The maximum Gasteiger partial charge on any atom is 0.231 e. The molecule has 114 valence electrons. The molecule has 1 amide bonds. The second-order valence-corrected chi connectivity index (χ2v) is 6.10. The number of hydrogen-bond donors (Lipinski definition) is 1. The van der Waals surface area contributed by atoms with Crippen LogP contribution in [0.15, 0.2) is 46.9 Å². The monoisotopic (exact) mass is 361 g/mol. The SMILES string of the molecule is COc1ccc2c(c1)C[C@@H](C(=O)Nc1ccc(Br)cc1)CO2. The zero-order chi connectivity index (χ0) is 15.5. The Bertz CT molecular complexity index is 685. The van der Waals surface area contributed by atoms with E-state index in [1.54, 1.807) is 7.11 Å².